The lowest BCUT2D eigenvalue weighted by Gasteiger charge is -2.14. The van der Waals surface area contributed by atoms with Crippen LogP contribution >= 0.6 is 23.1 Å². The zero-order valence-corrected chi connectivity index (χ0v) is 19.7. The number of pyridine rings is 1. The van der Waals surface area contributed by atoms with Crippen LogP contribution < -0.4 is 10.1 Å². The highest BCUT2D eigenvalue weighted by Gasteiger charge is 2.23. The van der Waals surface area contributed by atoms with Gasteiger partial charge in [-0.15, -0.1) is 11.8 Å². The van der Waals surface area contributed by atoms with Crippen molar-refractivity contribution in [3.8, 4) is 5.88 Å². The van der Waals surface area contributed by atoms with E-state index in [1.807, 2.05) is 28.9 Å². The number of hydrogen-bond donors (Lipinski definition) is 2. The molecule has 8 nitrogen and oxygen atoms in total. The monoisotopic (exact) mass is 483 g/mol. The fourth-order valence-corrected chi connectivity index (χ4v) is 5.36. The molecule has 3 aromatic rings. The number of anilines is 1. The maximum absolute atomic E-state index is 13.3. The molecule has 1 aliphatic carbocycles. The van der Waals surface area contributed by atoms with Crippen LogP contribution in [0.25, 0.3) is 10.3 Å². The van der Waals surface area contributed by atoms with Crippen LogP contribution in [0, 0.1) is 0 Å². The number of aromatic nitrogens is 2. The minimum Gasteiger partial charge on any atom is -0.475 e. The first-order chi connectivity index (χ1) is 16.2. The first-order valence-corrected chi connectivity index (χ1v) is 12.8. The molecule has 2 aliphatic rings. The van der Waals surface area contributed by atoms with Gasteiger partial charge in [-0.3, -0.25) is 15.1 Å². The molecule has 2 fully saturated rings. The van der Waals surface area contributed by atoms with Crippen molar-refractivity contribution < 1.29 is 14.6 Å². The zero-order valence-electron chi connectivity index (χ0n) is 18.1. The van der Waals surface area contributed by atoms with Crippen LogP contribution in [0.3, 0.4) is 0 Å². The summed E-state index contributed by atoms with van der Waals surface area (Å²) in [7, 11) is 0. The maximum atomic E-state index is 13.3. The van der Waals surface area contributed by atoms with Gasteiger partial charge < -0.3 is 9.84 Å². The van der Waals surface area contributed by atoms with E-state index in [0.717, 1.165) is 36.7 Å². The van der Waals surface area contributed by atoms with Crippen molar-refractivity contribution in [2.24, 2.45) is 5.10 Å². The summed E-state index contributed by atoms with van der Waals surface area (Å²) in [6.45, 7) is 1.81. The van der Waals surface area contributed by atoms with Crippen molar-refractivity contribution in [2.45, 2.75) is 35.8 Å². The van der Waals surface area contributed by atoms with Gasteiger partial charge in [0.25, 0.3) is 5.91 Å². The van der Waals surface area contributed by atoms with Gasteiger partial charge >= 0.3 is 0 Å². The highest BCUT2D eigenvalue weighted by molar-refractivity contribution is 8.00. The summed E-state index contributed by atoms with van der Waals surface area (Å²) in [6, 6.07) is 11.6. The van der Waals surface area contributed by atoms with Gasteiger partial charge in [0.05, 0.1) is 6.61 Å². The number of aliphatic hydroxyl groups excluding tert-OH is 1. The number of ether oxygens (including phenoxy) is 1. The molecule has 0 atom stereocenters. The van der Waals surface area contributed by atoms with E-state index >= 15 is 0 Å². The largest absolute Gasteiger partial charge is 0.475 e. The number of aliphatic hydroxyl groups is 1. The first kappa shape index (κ1) is 22.1. The van der Waals surface area contributed by atoms with Crippen molar-refractivity contribution in [3.63, 3.8) is 0 Å². The predicted octanol–water partition coefficient (Wildman–Crippen LogP) is 3.76. The molecule has 1 aromatic carbocycles. The topological polar surface area (TPSA) is 99.9 Å². The van der Waals surface area contributed by atoms with E-state index in [-0.39, 0.29) is 19.1 Å². The van der Waals surface area contributed by atoms with E-state index in [4.69, 9.17) is 14.9 Å². The van der Waals surface area contributed by atoms with Crippen LogP contribution in [0.2, 0.25) is 0 Å². The Balaban J connectivity index is 1.36. The van der Waals surface area contributed by atoms with Crippen molar-refractivity contribution in [3.05, 3.63) is 42.0 Å². The van der Waals surface area contributed by atoms with Crippen molar-refractivity contribution in [1.82, 2.24) is 15.0 Å². The van der Waals surface area contributed by atoms with Gasteiger partial charge in [0.1, 0.15) is 17.0 Å². The number of rotatable bonds is 9. The van der Waals surface area contributed by atoms with Gasteiger partial charge in [0, 0.05) is 34.9 Å². The van der Waals surface area contributed by atoms with Crippen molar-refractivity contribution in [2.75, 3.05) is 31.6 Å². The SMILES string of the molecule is O=C(Nc1nc2ccc(OCCO)nc2s1)/C(=N/N1CCCC1)c1ccc(SC2CC2)cc1. The van der Waals surface area contributed by atoms with E-state index in [9.17, 15) is 4.79 Å². The van der Waals surface area contributed by atoms with E-state index in [2.05, 4.69) is 27.4 Å². The molecule has 0 unspecified atom stereocenters. The molecule has 0 radical (unpaired) electrons. The normalized spacial score (nSPS) is 16.4. The van der Waals surface area contributed by atoms with E-state index < -0.39 is 0 Å². The van der Waals surface area contributed by atoms with Gasteiger partial charge in [-0.25, -0.2) is 9.97 Å². The fraction of sp³-hybridized carbons (Fsp3) is 0.391. The average molecular weight is 484 g/mol. The molecule has 3 heterocycles. The highest BCUT2D eigenvalue weighted by atomic mass is 32.2. The maximum Gasteiger partial charge on any atom is 0.278 e. The number of thioether (sulfide) groups is 1. The number of nitrogens with one attached hydrogen (secondary N) is 1. The van der Waals surface area contributed by atoms with Crippen LogP contribution in [0.15, 0.2) is 46.4 Å². The third kappa shape index (κ3) is 5.63. The molecule has 2 N–H and O–H groups in total. The third-order valence-electron chi connectivity index (χ3n) is 5.29. The van der Waals surface area contributed by atoms with Crippen LogP contribution in [-0.4, -0.2) is 63.3 Å². The first-order valence-electron chi connectivity index (χ1n) is 11.1. The van der Waals surface area contributed by atoms with Gasteiger partial charge in [-0.1, -0.05) is 23.5 Å². The summed E-state index contributed by atoms with van der Waals surface area (Å²) in [5.74, 6) is 0.124. The molecule has 1 saturated carbocycles. The molecular weight excluding hydrogens is 458 g/mol. The number of fused-ring (bicyclic) bond motifs is 1. The van der Waals surface area contributed by atoms with Gasteiger partial charge in [-0.05, 0) is 43.9 Å². The zero-order chi connectivity index (χ0) is 22.6. The Morgan fingerprint density at radius 1 is 1.18 bits per heavy atom. The Bertz CT molecular complexity index is 1150. The smallest absolute Gasteiger partial charge is 0.278 e. The minimum absolute atomic E-state index is 0.0803. The number of nitrogens with zero attached hydrogens (tertiary/aromatic N) is 4. The molecular formula is C23H25N5O3S2. The molecule has 0 spiro atoms. The van der Waals surface area contributed by atoms with Crippen molar-refractivity contribution >= 4 is 50.2 Å². The molecule has 2 aromatic heterocycles. The standard InChI is InChI=1S/C23H25N5O3S2/c29-13-14-31-19-10-9-18-22(25-19)33-23(24-18)26-21(30)20(27-28-11-1-2-12-28)15-3-5-16(6-4-15)32-17-7-8-17/h3-6,9-10,17,29H,1-2,7-8,11-14H2,(H,24,26,30)/b27-20+. The molecule has 0 bridgehead atoms. The van der Waals surface area contributed by atoms with Crippen molar-refractivity contribution in [1.29, 1.82) is 0 Å². The third-order valence-corrected chi connectivity index (χ3v) is 7.52. The molecule has 10 heteroatoms. The second kappa shape index (κ2) is 10.1. The van der Waals surface area contributed by atoms with E-state index in [1.54, 1.807) is 12.1 Å². The van der Waals surface area contributed by atoms with E-state index in [1.165, 1.54) is 29.1 Å². The lowest BCUT2D eigenvalue weighted by atomic mass is 10.1. The molecule has 1 saturated heterocycles. The number of carbonyl (C=O) groups excluding carboxylic acids is 1. The summed E-state index contributed by atoms with van der Waals surface area (Å²) in [5, 5.41) is 19.7. The fourth-order valence-electron chi connectivity index (χ4n) is 3.49. The lowest BCUT2D eigenvalue weighted by Crippen LogP contribution is -2.27. The van der Waals surface area contributed by atoms with Crippen LogP contribution in [0.4, 0.5) is 5.13 Å². The number of benzene rings is 1. The van der Waals surface area contributed by atoms with Gasteiger partial charge in [0.15, 0.2) is 10.8 Å². The lowest BCUT2D eigenvalue weighted by molar-refractivity contribution is -0.110. The van der Waals surface area contributed by atoms with Gasteiger partial charge in [-0.2, -0.15) is 5.10 Å². The number of hydrogen-bond acceptors (Lipinski definition) is 9. The highest BCUT2D eigenvalue weighted by Crippen LogP contribution is 2.39. The Morgan fingerprint density at radius 2 is 1.97 bits per heavy atom. The van der Waals surface area contributed by atoms with Crippen LogP contribution in [0.1, 0.15) is 31.2 Å². The van der Waals surface area contributed by atoms with Gasteiger partial charge in [0.2, 0.25) is 5.88 Å². The molecule has 1 aliphatic heterocycles. The number of carbonyl (C=O) groups is 1. The average Bonchev–Trinajstić information content (AvgIpc) is 3.31. The Hall–Kier alpha value is -2.69. The minimum atomic E-state index is -0.291. The molecule has 1 amide bonds. The van der Waals surface area contributed by atoms with E-state index in [0.29, 0.717) is 27.1 Å². The number of hydrazone groups is 1. The summed E-state index contributed by atoms with van der Waals surface area (Å²) in [4.78, 5) is 24.0. The Morgan fingerprint density at radius 3 is 2.70 bits per heavy atom. The second-order valence-electron chi connectivity index (χ2n) is 7.97. The molecule has 5 rings (SSSR count). The Kier molecular flexibility index (Phi) is 6.75. The summed E-state index contributed by atoms with van der Waals surface area (Å²) >= 11 is 3.17. The quantitative estimate of drug-likeness (QED) is 0.447. The summed E-state index contributed by atoms with van der Waals surface area (Å²) in [5.41, 5.74) is 1.85. The Labute approximate surface area is 200 Å². The summed E-state index contributed by atoms with van der Waals surface area (Å²) in [6.07, 6.45) is 4.73. The van der Waals surface area contributed by atoms with Crippen LogP contribution in [0.5, 0.6) is 5.88 Å². The second-order valence-corrected chi connectivity index (χ2v) is 10.3. The summed E-state index contributed by atoms with van der Waals surface area (Å²) < 4.78 is 5.37. The van der Waals surface area contributed by atoms with Crippen LogP contribution in [-0.2, 0) is 4.79 Å². The number of thiazole rings is 1. The molecule has 33 heavy (non-hydrogen) atoms. The molecule has 172 valence electrons. The predicted molar refractivity (Wildman–Crippen MR) is 131 cm³/mol. The number of amides is 1.